The lowest BCUT2D eigenvalue weighted by Gasteiger charge is -2.35. The number of carbonyl (C=O) groups excluding carboxylic acids is 1. The molecule has 0 saturated heterocycles. The number of esters is 1. The van der Waals surface area contributed by atoms with Crippen molar-refractivity contribution in [1.82, 2.24) is 0 Å². The van der Waals surface area contributed by atoms with Crippen LogP contribution in [0.2, 0.25) is 0 Å². The van der Waals surface area contributed by atoms with Crippen LogP contribution in [0.15, 0.2) is 30.8 Å². The average Bonchev–Trinajstić information content (AvgIpc) is 2.61. The van der Waals surface area contributed by atoms with Crippen LogP contribution in [0.5, 0.6) is 5.75 Å². The largest absolute Gasteiger partial charge is 0.497 e. The molecule has 0 aromatic heterocycles. The highest BCUT2D eigenvalue weighted by Crippen LogP contribution is 2.64. The van der Waals surface area contributed by atoms with E-state index in [1.165, 1.54) is 6.92 Å². The first-order valence-electron chi connectivity index (χ1n) is 8.20. The van der Waals surface area contributed by atoms with Crippen molar-refractivity contribution >= 4 is 19.1 Å². The van der Waals surface area contributed by atoms with Crippen molar-refractivity contribution < 1.29 is 27.9 Å². The predicted molar refractivity (Wildman–Crippen MR) is 97.9 cm³/mol. The van der Waals surface area contributed by atoms with Gasteiger partial charge in [0.05, 0.1) is 26.9 Å². The van der Waals surface area contributed by atoms with Gasteiger partial charge in [0.2, 0.25) is 0 Å². The molecule has 1 rings (SSSR count). The highest BCUT2D eigenvalue weighted by Gasteiger charge is 2.56. The molecule has 0 aliphatic carbocycles. The lowest BCUT2D eigenvalue weighted by atomic mass is 9.94. The number of hydrogen-bond donors (Lipinski definition) is 0. The second kappa shape index (κ2) is 9.18. The molecule has 0 fully saturated rings. The van der Waals surface area contributed by atoms with Gasteiger partial charge in [-0.25, -0.2) is 0 Å². The summed E-state index contributed by atoms with van der Waals surface area (Å²) in [6.07, 6.45) is 0. The number of rotatable bonds is 10. The Morgan fingerprint density at radius 2 is 1.60 bits per heavy atom. The molecule has 0 aliphatic rings. The lowest BCUT2D eigenvalue weighted by Crippen LogP contribution is -2.39. The summed E-state index contributed by atoms with van der Waals surface area (Å²) < 4.78 is 34.6. The van der Waals surface area contributed by atoms with Gasteiger partial charge in [0.1, 0.15) is 5.75 Å². The molecule has 1 aromatic carbocycles. The molecule has 0 saturated carbocycles. The molecule has 0 bridgehead atoms. The summed E-state index contributed by atoms with van der Waals surface area (Å²) in [5.41, 5.74) is 0.926. The molecule has 0 heterocycles. The number of benzene rings is 1. The third kappa shape index (κ3) is 4.32. The Morgan fingerprint density at radius 3 is 2.00 bits per heavy atom. The SMILES string of the molecule is C=C(c1ccc(OC)cc1)C(C)(C(=O)OCC)P(=O)(OCC)OCC. The van der Waals surface area contributed by atoms with Crippen LogP contribution in [-0.4, -0.2) is 38.1 Å². The fourth-order valence-electron chi connectivity index (χ4n) is 2.38. The maximum Gasteiger partial charge on any atom is 0.352 e. The summed E-state index contributed by atoms with van der Waals surface area (Å²) in [4.78, 5) is 12.8. The summed E-state index contributed by atoms with van der Waals surface area (Å²) in [6, 6.07) is 6.94. The molecule has 25 heavy (non-hydrogen) atoms. The second-order valence-corrected chi connectivity index (χ2v) is 7.74. The van der Waals surface area contributed by atoms with Crippen LogP contribution in [0.4, 0.5) is 0 Å². The fourth-order valence-corrected chi connectivity index (χ4v) is 4.40. The minimum Gasteiger partial charge on any atom is -0.497 e. The Morgan fingerprint density at radius 1 is 1.08 bits per heavy atom. The fraction of sp³-hybridized carbons (Fsp3) is 0.500. The van der Waals surface area contributed by atoms with E-state index in [1.54, 1.807) is 52.1 Å². The van der Waals surface area contributed by atoms with E-state index in [1.807, 2.05) is 0 Å². The third-order valence-corrected chi connectivity index (χ3v) is 6.59. The van der Waals surface area contributed by atoms with E-state index in [2.05, 4.69) is 6.58 Å². The predicted octanol–water partition coefficient (Wildman–Crippen LogP) is 4.30. The molecule has 0 N–H and O–H groups in total. The molecule has 7 heteroatoms. The normalized spacial score (nSPS) is 13.8. The van der Waals surface area contributed by atoms with Crippen LogP contribution >= 0.6 is 7.60 Å². The highest BCUT2D eigenvalue weighted by molar-refractivity contribution is 7.57. The van der Waals surface area contributed by atoms with Crippen molar-refractivity contribution in [2.75, 3.05) is 26.9 Å². The van der Waals surface area contributed by atoms with Gasteiger partial charge in [-0.15, -0.1) is 0 Å². The van der Waals surface area contributed by atoms with Crippen LogP contribution in [0.1, 0.15) is 33.3 Å². The average molecular weight is 370 g/mol. The van der Waals surface area contributed by atoms with Crippen LogP contribution < -0.4 is 4.74 Å². The summed E-state index contributed by atoms with van der Waals surface area (Å²) in [5.74, 6) is -0.0340. The minimum absolute atomic E-state index is 0.127. The zero-order valence-electron chi connectivity index (χ0n) is 15.5. The van der Waals surface area contributed by atoms with Gasteiger partial charge in [0.15, 0.2) is 5.16 Å². The number of ether oxygens (including phenoxy) is 2. The smallest absolute Gasteiger partial charge is 0.352 e. The van der Waals surface area contributed by atoms with Crippen LogP contribution in [-0.2, 0) is 23.1 Å². The molecule has 0 spiro atoms. The van der Waals surface area contributed by atoms with Gasteiger partial charge in [0, 0.05) is 0 Å². The summed E-state index contributed by atoms with van der Waals surface area (Å²) in [7, 11) is -2.31. The van der Waals surface area contributed by atoms with E-state index in [4.69, 9.17) is 18.5 Å². The first-order chi connectivity index (χ1) is 11.8. The van der Waals surface area contributed by atoms with Crippen molar-refractivity contribution in [2.24, 2.45) is 0 Å². The van der Waals surface area contributed by atoms with E-state index in [0.717, 1.165) is 0 Å². The molecule has 1 unspecified atom stereocenters. The van der Waals surface area contributed by atoms with Gasteiger partial charge >= 0.3 is 13.6 Å². The van der Waals surface area contributed by atoms with Crippen molar-refractivity contribution in [2.45, 2.75) is 32.9 Å². The standard InChI is InChI=1S/C18H27O6P/c1-7-22-17(19)18(5,25(20,23-8-2)24-9-3)14(4)15-10-12-16(21-6)13-11-15/h10-13H,4,7-9H2,1-3,5-6H3. The quantitative estimate of drug-likeness (QED) is 0.452. The summed E-state index contributed by atoms with van der Waals surface area (Å²) in [6.45, 7) is 11.0. The van der Waals surface area contributed by atoms with Gasteiger partial charge in [-0.3, -0.25) is 9.36 Å². The third-order valence-electron chi connectivity index (χ3n) is 3.84. The Hall–Kier alpha value is -1.62. The minimum atomic E-state index is -3.87. The second-order valence-electron chi connectivity index (χ2n) is 5.33. The molecular weight excluding hydrogens is 343 g/mol. The number of hydrogen-bond acceptors (Lipinski definition) is 6. The maximum absolute atomic E-state index is 13.5. The van der Waals surface area contributed by atoms with Crippen molar-refractivity contribution in [3.63, 3.8) is 0 Å². The summed E-state index contributed by atoms with van der Waals surface area (Å²) in [5, 5.41) is -1.66. The molecule has 6 nitrogen and oxygen atoms in total. The van der Waals surface area contributed by atoms with E-state index in [9.17, 15) is 9.36 Å². The molecule has 140 valence electrons. The van der Waals surface area contributed by atoms with Crippen LogP contribution in [0, 0.1) is 0 Å². The first kappa shape index (κ1) is 21.4. The van der Waals surface area contributed by atoms with E-state index >= 15 is 0 Å². The van der Waals surface area contributed by atoms with Gasteiger partial charge < -0.3 is 18.5 Å². The molecule has 1 aromatic rings. The molecule has 1 atom stereocenters. The Kier molecular flexibility index (Phi) is 7.87. The van der Waals surface area contributed by atoms with Crippen molar-refractivity contribution in [3.8, 4) is 5.75 Å². The van der Waals surface area contributed by atoms with Crippen molar-refractivity contribution in [1.29, 1.82) is 0 Å². The van der Waals surface area contributed by atoms with Crippen LogP contribution in [0.25, 0.3) is 5.57 Å². The number of carbonyl (C=O) groups is 1. The van der Waals surface area contributed by atoms with Gasteiger partial charge in [-0.1, -0.05) is 18.7 Å². The first-order valence-corrected chi connectivity index (χ1v) is 9.75. The van der Waals surface area contributed by atoms with E-state index < -0.39 is 18.7 Å². The number of methoxy groups -OCH3 is 1. The van der Waals surface area contributed by atoms with E-state index in [-0.39, 0.29) is 19.8 Å². The van der Waals surface area contributed by atoms with Gasteiger partial charge in [0.25, 0.3) is 0 Å². The Balaban J connectivity index is 3.45. The summed E-state index contributed by atoms with van der Waals surface area (Å²) >= 11 is 0. The molecule has 0 aliphatic heterocycles. The Bertz CT molecular complexity index is 629. The van der Waals surface area contributed by atoms with Crippen molar-refractivity contribution in [3.05, 3.63) is 36.4 Å². The van der Waals surface area contributed by atoms with E-state index in [0.29, 0.717) is 16.9 Å². The lowest BCUT2D eigenvalue weighted by molar-refractivity contribution is -0.144. The molecular formula is C18H27O6P. The van der Waals surface area contributed by atoms with Gasteiger partial charge in [-0.2, -0.15) is 0 Å². The highest BCUT2D eigenvalue weighted by atomic mass is 31.2. The van der Waals surface area contributed by atoms with Crippen LogP contribution in [0.3, 0.4) is 0 Å². The topological polar surface area (TPSA) is 71.1 Å². The monoisotopic (exact) mass is 370 g/mol. The zero-order chi connectivity index (χ0) is 19.1. The molecule has 0 amide bonds. The Labute approximate surface area is 149 Å². The molecule has 0 radical (unpaired) electrons. The maximum atomic E-state index is 13.5. The van der Waals surface area contributed by atoms with Gasteiger partial charge in [-0.05, 0) is 51.0 Å². The zero-order valence-corrected chi connectivity index (χ0v) is 16.4.